The molecule has 0 radical (unpaired) electrons. The first-order chi connectivity index (χ1) is 8.90. The van der Waals surface area contributed by atoms with E-state index in [1.54, 1.807) is 0 Å². The van der Waals surface area contributed by atoms with Crippen LogP contribution in [0, 0.1) is 5.41 Å². The second kappa shape index (κ2) is 5.21. The molecule has 2 rings (SSSR count). The summed E-state index contributed by atoms with van der Waals surface area (Å²) in [7, 11) is 0. The zero-order valence-electron chi connectivity index (χ0n) is 11.8. The molecule has 1 heterocycles. The molecule has 1 aliphatic heterocycles. The van der Waals surface area contributed by atoms with Gasteiger partial charge in [-0.2, -0.15) is 0 Å². The Morgan fingerprint density at radius 1 is 1.42 bits per heavy atom. The van der Waals surface area contributed by atoms with Crippen molar-refractivity contribution in [3.63, 3.8) is 0 Å². The van der Waals surface area contributed by atoms with Gasteiger partial charge in [-0.3, -0.25) is 4.90 Å². The summed E-state index contributed by atoms with van der Waals surface area (Å²) in [6, 6.07) is 10.6. The molecule has 2 atom stereocenters. The lowest BCUT2D eigenvalue weighted by Gasteiger charge is -2.26. The van der Waals surface area contributed by atoms with Gasteiger partial charge in [0.05, 0.1) is 6.04 Å². The van der Waals surface area contributed by atoms with E-state index >= 15 is 0 Å². The molecule has 0 bridgehead atoms. The Labute approximate surface area is 114 Å². The lowest BCUT2D eigenvalue weighted by molar-refractivity contribution is 0.181. The first-order valence-corrected chi connectivity index (χ1v) is 6.68. The van der Waals surface area contributed by atoms with Crippen molar-refractivity contribution in [2.45, 2.75) is 32.9 Å². The third-order valence-electron chi connectivity index (χ3n) is 4.10. The topological polar surface area (TPSA) is 52.6 Å². The molecule has 1 aromatic carbocycles. The molecule has 2 N–H and O–H groups in total. The Hall–Kier alpha value is -1.55. The van der Waals surface area contributed by atoms with Crippen molar-refractivity contribution in [1.82, 2.24) is 10.2 Å². The summed E-state index contributed by atoms with van der Waals surface area (Å²) in [6.07, 6.45) is -0.938. The maximum atomic E-state index is 10.9. The van der Waals surface area contributed by atoms with Crippen LogP contribution in [0.1, 0.15) is 32.4 Å². The fourth-order valence-corrected chi connectivity index (χ4v) is 2.81. The summed E-state index contributed by atoms with van der Waals surface area (Å²) in [5.74, 6) is 0. The van der Waals surface area contributed by atoms with Gasteiger partial charge in [-0.25, -0.2) is 4.79 Å². The number of hydrogen-bond donors (Lipinski definition) is 2. The van der Waals surface area contributed by atoms with Crippen LogP contribution in [0.3, 0.4) is 0 Å². The zero-order valence-corrected chi connectivity index (χ0v) is 11.8. The van der Waals surface area contributed by atoms with Crippen LogP contribution in [0.2, 0.25) is 0 Å². The number of hydrogen-bond acceptors (Lipinski definition) is 2. The highest BCUT2D eigenvalue weighted by Gasteiger charge is 2.41. The Morgan fingerprint density at radius 3 is 2.63 bits per heavy atom. The molecule has 1 fully saturated rings. The predicted molar refractivity (Wildman–Crippen MR) is 75.2 cm³/mol. The van der Waals surface area contributed by atoms with E-state index in [0.29, 0.717) is 6.04 Å². The summed E-state index contributed by atoms with van der Waals surface area (Å²) in [5, 5.41) is 11.6. The van der Waals surface area contributed by atoms with Crippen LogP contribution in [0.4, 0.5) is 4.79 Å². The van der Waals surface area contributed by atoms with Crippen molar-refractivity contribution >= 4 is 6.09 Å². The monoisotopic (exact) mass is 262 g/mol. The highest BCUT2D eigenvalue weighted by Crippen LogP contribution is 2.34. The van der Waals surface area contributed by atoms with Gasteiger partial charge in [0.15, 0.2) is 0 Å². The fraction of sp³-hybridized carbons (Fsp3) is 0.533. The Balaban J connectivity index is 2.09. The van der Waals surface area contributed by atoms with E-state index < -0.39 is 6.09 Å². The maximum absolute atomic E-state index is 10.9. The summed E-state index contributed by atoms with van der Waals surface area (Å²) in [6.45, 7) is 8.06. The Morgan fingerprint density at radius 2 is 2.05 bits per heavy atom. The number of amides is 1. The molecule has 1 saturated heterocycles. The quantitative estimate of drug-likeness (QED) is 0.880. The van der Waals surface area contributed by atoms with Crippen LogP contribution >= 0.6 is 0 Å². The van der Waals surface area contributed by atoms with E-state index in [1.165, 1.54) is 5.56 Å². The van der Waals surface area contributed by atoms with Crippen LogP contribution in [-0.2, 0) is 0 Å². The molecular weight excluding hydrogens is 240 g/mol. The SMILES string of the molecule is CC(c1ccccc1)N1C[C@H](NC(=O)O)C(C)(C)C1. The molecule has 4 nitrogen and oxygen atoms in total. The predicted octanol–water partition coefficient (Wildman–Crippen LogP) is 2.73. The van der Waals surface area contributed by atoms with Crippen LogP contribution in [0.25, 0.3) is 0 Å². The van der Waals surface area contributed by atoms with E-state index in [1.807, 2.05) is 18.2 Å². The fourth-order valence-electron chi connectivity index (χ4n) is 2.81. The number of nitrogens with one attached hydrogen (secondary N) is 1. The van der Waals surface area contributed by atoms with Crippen molar-refractivity contribution in [1.29, 1.82) is 0 Å². The minimum absolute atomic E-state index is 0.0174. The third kappa shape index (κ3) is 3.07. The molecule has 0 spiro atoms. The van der Waals surface area contributed by atoms with Gasteiger partial charge in [-0.1, -0.05) is 44.2 Å². The second-order valence-corrected chi connectivity index (χ2v) is 6.01. The Bertz CT molecular complexity index is 445. The van der Waals surface area contributed by atoms with Gasteiger partial charge in [0.2, 0.25) is 0 Å². The van der Waals surface area contributed by atoms with Crippen molar-refractivity contribution in [2.24, 2.45) is 5.41 Å². The number of carboxylic acid groups (broad SMARTS) is 1. The molecular formula is C15H22N2O2. The lowest BCUT2D eigenvalue weighted by Crippen LogP contribution is -2.43. The number of carbonyl (C=O) groups is 1. The zero-order chi connectivity index (χ0) is 14.0. The van der Waals surface area contributed by atoms with Crippen LogP contribution in [0.15, 0.2) is 30.3 Å². The van der Waals surface area contributed by atoms with Gasteiger partial charge in [-0.05, 0) is 17.9 Å². The normalized spacial score (nSPS) is 24.1. The second-order valence-electron chi connectivity index (χ2n) is 6.01. The molecule has 1 unspecified atom stereocenters. The molecule has 0 saturated carbocycles. The van der Waals surface area contributed by atoms with Crippen molar-refractivity contribution in [3.8, 4) is 0 Å². The average molecular weight is 262 g/mol. The standard InChI is InChI=1S/C15H22N2O2/c1-11(12-7-5-4-6-8-12)17-9-13(16-14(18)19)15(2,3)10-17/h4-8,11,13,16H,9-10H2,1-3H3,(H,18,19)/t11?,13-/m0/s1. The van der Waals surface area contributed by atoms with E-state index in [4.69, 9.17) is 5.11 Å². The molecule has 4 heteroatoms. The molecule has 104 valence electrons. The molecule has 0 aliphatic carbocycles. The number of likely N-dealkylation sites (tertiary alicyclic amines) is 1. The van der Waals surface area contributed by atoms with Gasteiger partial charge in [-0.15, -0.1) is 0 Å². The van der Waals surface area contributed by atoms with Crippen LogP contribution in [0.5, 0.6) is 0 Å². The van der Waals surface area contributed by atoms with E-state index in [2.05, 4.69) is 43.1 Å². The lowest BCUT2D eigenvalue weighted by atomic mass is 9.88. The average Bonchev–Trinajstić information content (AvgIpc) is 2.64. The van der Waals surface area contributed by atoms with Gasteiger partial charge >= 0.3 is 6.09 Å². The van der Waals surface area contributed by atoms with Gasteiger partial charge in [0.1, 0.15) is 0 Å². The molecule has 1 aromatic rings. The largest absolute Gasteiger partial charge is 0.465 e. The third-order valence-corrected chi connectivity index (χ3v) is 4.10. The number of nitrogens with zero attached hydrogens (tertiary/aromatic N) is 1. The first-order valence-electron chi connectivity index (χ1n) is 6.68. The minimum Gasteiger partial charge on any atom is -0.465 e. The van der Waals surface area contributed by atoms with E-state index in [9.17, 15) is 4.79 Å². The first kappa shape index (κ1) is 13.9. The molecule has 0 aromatic heterocycles. The van der Waals surface area contributed by atoms with Crippen molar-refractivity contribution in [2.75, 3.05) is 13.1 Å². The summed E-state index contributed by atoms with van der Waals surface area (Å²) >= 11 is 0. The number of benzene rings is 1. The Kier molecular flexibility index (Phi) is 3.80. The van der Waals surface area contributed by atoms with Crippen molar-refractivity contribution in [3.05, 3.63) is 35.9 Å². The minimum atomic E-state index is -0.938. The number of rotatable bonds is 3. The van der Waals surface area contributed by atoms with Crippen LogP contribution < -0.4 is 5.32 Å². The van der Waals surface area contributed by atoms with Crippen LogP contribution in [-0.4, -0.2) is 35.2 Å². The van der Waals surface area contributed by atoms with Gasteiger partial charge in [0, 0.05) is 19.1 Å². The summed E-state index contributed by atoms with van der Waals surface area (Å²) < 4.78 is 0. The van der Waals surface area contributed by atoms with Gasteiger partial charge in [0.25, 0.3) is 0 Å². The smallest absolute Gasteiger partial charge is 0.404 e. The summed E-state index contributed by atoms with van der Waals surface area (Å²) in [5.41, 5.74) is 1.23. The highest BCUT2D eigenvalue weighted by atomic mass is 16.4. The van der Waals surface area contributed by atoms with Gasteiger partial charge < -0.3 is 10.4 Å². The molecule has 19 heavy (non-hydrogen) atoms. The van der Waals surface area contributed by atoms with Crippen molar-refractivity contribution < 1.29 is 9.90 Å². The van der Waals surface area contributed by atoms with E-state index in [-0.39, 0.29) is 11.5 Å². The van der Waals surface area contributed by atoms with E-state index in [0.717, 1.165) is 13.1 Å². The maximum Gasteiger partial charge on any atom is 0.404 e. The molecule has 1 aliphatic rings. The highest BCUT2D eigenvalue weighted by molar-refractivity contribution is 5.65. The molecule has 1 amide bonds. The summed E-state index contributed by atoms with van der Waals surface area (Å²) in [4.78, 5) is 13.2.